The Morgan fingerprint density at radius 2 is 1.65 bits per heavy atom. The smallest absolute Gasteiger partial charge is 0.200 e. The van der Waals surface area contributed by atoms with Crippen molar-refractivity contribution in [3.05, 3.63) is 52.1 Å². The van der Waals surface area contributed by atoms with Crippen LogP contribution >= 0.6 is 0 Å². The van der Waals surface area contributed by atoms with E-state index < -0.39 is 24.0 Å². The lowest BCUT2D eigenvalue weighted by Crippen LogP contribution is -2.51. The molecule has 2 heterocycles. The summed E-state index contributed by atoms with van der Waals surface area (Å²) >= 11 is 0. The van der Waals surface area contributed by atoms with Crippen LogP contribution in [0.5, 0.6) is 34.5 Å². The molecule has 11 heteroatoms. The highest BCUT2D eigenvalue weighted by molar-refractivity contribution is 5.93. The van der Waals surface area contributed by atoms with Gasteiger partial charge in [0.05, 0.1) is 32.5 Å². The number of hydrogen-bond donors (Lipinski definition) is 6. The van der Waals surface area contributed by atoms with Crippen LogP contribution in [-0.4, -0.2) is 68.6 Å². The van der Waals surface area contributed by atoms with Gasteiger partial charge in [-0.05, 0) is 62.5 Å². The van der Waals surface area contributed by atoms with Crippen molar-refractivity contribution in [1.82, 2.24) is 10.6 Å². The van der Waals surface area contributed by atoms with E-state index in [0.29, 0.717) is 43.1 Å². The molecule has 6 N–H and O–H groups in total. The average Bonchev–Trinajstić information content (AvgIpc) is 3.08. The van der Waals surface area contributed by atoms with Gasteiger partial charge in [-0.1, -0.05) is 13.3 Å². The fourth-order valence-corrected chi connectivity index (χ4v) is 8.12. The third-order valence-corrected chi connectivity index (χ3v) is 10.4. The molecule has 1 fully saturated rings. The summed E-state index contributed by atoms with van der Waals surface area (Å²) < 4.78 is 30.6. The molecule has 0 bridgehead atoms. The highest BCUT2D eigenvalue weighted by atomic mass is 16.5. The SMILES string of the molecule is CCNC1(Oc2cc(OCCNC)c3c4c2[C@@H](O)Nc2cc5c(c(c2-4)CC3)[C@@H](O)[C@H](c2cc(OC)c(O)c(OC)c2)CO5)CCCCC1. The lowest BCUT2D eigenvalue weighted by atomic mass is 9.74. The molecule has 3 aromatic rings. The summed E-state index contributed by atoms with van der Waals surface area (Å²) in [6, 6.07) is 7.30. The van der Waals surface area contributed by atoms with Gasteiger partial charge in [-0.3, -0.25) is 5.32 Å². The largest absolute Gasteiger partial charge is 0.502 e. The van der Waals surface area contributed by atoms with Gasteiger partial charge in [-0.25, -0.2) is 0 Å². The van der Waals surface area contributed by atoms with E-state index in [0.717, 1.165) is 77.0 Å². The van der Waals surface area contributed by atoms with Crippen molar-refractivity contribution < 1.29 is 39.0 Å². The van der Waals surface area contributed by atoms with Gasteiger partial charge in [0, 0.05) is 65.4 Å². The van der Waals surface area contributed by atoms with Crippen molar-refractivity contribution in [3.8, 4) is 45.6 Å². The molecule has 11 nitrogen and oxygen atoms in total. The maximum absolute atomic E-state index is 12.1. The van der Waals surface area contributed by atoms with E-state index in [1.165, 1.54) is 20.6 Å². The lowest BCUT2D eigenvalue weighted by molar-refractivity contribution is -0.00337. The number of methoxy groups -OCH3 is 2. The Bertz CT molecular complexity index is 1660. The standard InChI is InChI=1S/C37H47N3O8/c1-5-39-37(11-7-6-8-12-37)48-27-18-25(46-14-13-38-2)21-9-10-22-30-24(40-36(43)33(27)32(21)30)17-26-31(22)34(41)23(19-47-26)20-15-28(44-3)35(42)29(16-20)45-4/h15-18,23,34,36,38-43H,5-14,19H2,1-4H3/t23-,34-,36+/m0/s1. The molecule has 1 saturated carbocycles. The van der Waals surface area contributed by atoms with E-state index in [1.807, 2.05) is 19.2 Å². The fraction of sp³-hybridized carbons (Fsp3) is 0.514. The van der Waals surface area contributed by atoms with Crippen molar-refractivity contribution >= 4 is 5.69 Å². The second-order valence-electron chi connectivity index (χ2n) is 13.2. The van der Waals surface area contributed by atoms with Crippen LogP contribution in [0.15, 0.2) is 24.3 Å². The number of fused-ring (bicyclic) bond motifs is 2. The summed E-state index contributed by atoms with van der Waals surface area (Å²) in [5.41, 5.74) is 6.21. The number of rotatable bonds is 11. The van der Waals surface area contributed by atoms with E-state index in [-0.39, 0.29) is 23.9 Å². The predicted octanol–water partition coefficient (Wildman–Crippen LogP) is 5.05. The van der Waals surface area contributed by atoms with Crippen molar-refractivity contribution in [1.29, 1.82) is 0 Å². The van der Waals surface area contributed by atoms with E-state index in [9.17, 15) is 15.3 Å². The molecule has 4 aliphatic rings. The first-order valence-corrected chi connectivity index (χ1v) is 17.1. The minimum absolute atomic E-state index is 0.0943. The van der Waals surface area contributed by atoms with Crippen molar-refractivity contribution in [2.24, 2.45) is 0 Å². The van der Waals surface area contributed by atoms with E-state index in [2.05, 4.69) is 22.9 Å². The van der Waals surface area contributed by atoms with Crippen molar-refractivity contribution in [2.75, 3.05) is 52.9 Å². The molecule has 0 amide bonds. The Morgan fingerprint density at radius 1 is 0.917 bits per heavy atom. The number of benzene rings is 3. The third-order valence-electron chi connectivity index (χ3n) is 10.4. The molecule has 2 aliphatic carbocycles. The van der Waals surface area contributed by atoms with E-state index in [4.69, 9.17) is 23.7 Å². The van der Waals surface area contributed by atoms with Crippen LogP contribution < -0.4 is 39.6 Å². The molecular formula is C37H47N3O8. The Labute approximate surface area is 281 Å². The van der Waals surface area contributed by atoms with Gasteiger partial charge in [0.2, 0.25) is 5.75 Å². The van der Waals surface area contributed by atoms with Crippen molar-refractivity contribution in [3.63, 3.8) is 0 Å². The summed E-state index contributed by atoms with van der Waals surface area (Å²) in [6.45, 7) is 4.24. The first kappa shape index (κ1) is 32.6. The Balaban J connectivity index is 1.37. The Hall–Kier alpha value is -3.90. The summed E-state index contributed by atoms with van der Waals surface area (Å²) in [7, 11) is 4.87. The van der Waals surface area contributed by atoms with Gasteiger partial charge in [0.25, 0.3) is 0 Å². The van der Waals surface area contributed by atoms with Gasteiger partial charge < -0.3 is 49.6 Å². The maximum atomic E-state index is 12.1. The number of aliphatic hydroxyl groups excluding tert-OH is 2. The van der Waals surface area contributed by atoms with E-state index in [1.54, 1.807) is 12.1 Å². The van der Waals surface area contributed by atoms with Gasteiger partial charge in [0.1, 0.15) is 23.9 Å². The van der Waals surface area contributed by atoms with Gasteiger partial charge >= 0.3 is 0 Å². The molecule has 258 valence electrons. The summed E-state index contributed by atoms with van der Waals surface area (Å²) in [5.74, 6) is 1.92. The quantitative estimate of drug-likeness (QED) is 0.121. The van der Waals surface area contributed by atoms with Crippen LogP contribution in [-0.2, 0) is 12.8 Å². The van der Waals surface area contributed by atoms with Crippen LogP contribution in [0.2, 0.25) is 0 Å². The fourth-order valence-electron chi connectivity index (χ4n) is 8.12. The lowest BCUT2D eigenvalue weighted by Gasteiger charge is -2.42. The first-order chi connectivity index (χ1) is 23.3. The number of hydrogen-bond acceptors (Lipinski definition) is 11. The summed E-state index contributed by atoms with van der Waals surface area (Å²) in [4.78, 5) is 0. The van der Waals surface area contributed by atoms with E-state index >= 15 is 0 Å². The first-order valence-electron chi connectivity index (χ1n) is 17.1. The van der Waals surface area contributed by atoms with Crippen LogP contribution in [0.1, 0.15) is 85.1 Å². The molecule has 2 aliphatic heterocycles. The number of aliphatic hydroxyl groups is 2. The number of phenolic OH excluding ortho intramolecular Hbond substituents is 1. The summed E-state index contributed by atoms with van der Waals surface area (Å²) in [6.07, 6.45) is 4.44. The Kier molecular flexibility index (Phi) is 8.97. The topological polar surface area (TPSA) is 143 Å². The number of phenols is 1. The highest BCUT2D eigenvalue weighted by Gasteiger charge is 2.43. The normalized spacial score (nSPS) is 21.7. The zero-order valence-corrected chi connectivity index (χ0v) is 28.2. The molecule has 3 aromatic carbocycles. The van der Waals surface area contributed by atoms with Gasteiger partial charge in [-0.2, -0.15) is 0 Å². The molecule has 0 unspecified atom stereocenters. The number of ether oxygens (including phenoxy) is 5. The van der Waals surface area contributed by atoms with Crippen molar-refractivity contribution in [2.45, 2.75) is 75.8 Å². The monoisotopic (exact) mass is 661 g/mol. The molecule has 0 saturated heterocycles. The Morgan fingerprint density at radius 3 is 2.33 bits per heavy atom. The zero-order chi connectivity index (χ0) is 33.6. The molecular weight excluding hydrogens is 614 g/mol. The van der Waals surface area contributed by atoms with Crippen LogP contribution in [0, 0.1) is 0 Å². The van der Waals surface area contributed by atoms with Crippen LogP contribution in [0.25, 0.3) is 11.1 Å². The number of nitrogens with one attached hydrogen (secondary N) is 3. The highest BCUT2D eigenvalue weighted by Crippen LogP contribution is 2.58. The molecule has 0 aromatic heterocycles. The second kappa shape index (κ2) is 13.2. The van der Waals surface area contributed by atoms with Gasteiger partial charge in [-0.15, -0.1) is 0 Å². The molecule has 0 radical (unpaired) electrons. The maximum Gasteiger partial charge on any atom is 0.200 e. The average molecular weight is 662 g/mol. The number of aromatic hydroxyl groups is 1. The minimum atomic E-state index is -1.02. The minimum Gasteiger partial charge on any atom is -0.502 e. The molecule has 0 spiro atoms. The zero-order valence-electron chi connectivity index (χ0n) is 28.2. The molecule has 48 heavy (non-hydrogen) atoms. The third kappa shape index (κ3) is 5.46. The van der Waals surface area contributed by atoms with Crippen LogP contribution in [0.3, 0.4) is 0 Å². The second-order valence-corrected chi connectivity index (χ2v) is 13.2. The number of anilines is 1. The number of likely N-dealkylation sites (N-methyl/N-ethyl adjacent to an activating group) is 1. The van der Waals surface area contributed by atoms with Gasteiger partial charge in [0.15, 0.2) is 23.5 Å². The van der Waals surface area contributed by atoms with Crippen LogP contribution in [0.4, 0.5) is 5.69 Å². The summed E-state index contributed by atoms with van der Waals surface area (Å²) in [5, 5.41) is 44.5. The predicted molar refractivity (Wildman–Crippen MR) is 182 cm³/mol. The molecule has 7 rings (SSSR count). The molecule has 3 atom stereocenters.